The zero-order valence-electron chi connectivity index (χ0n) is 8.09. The first kappa shape index (κ1) is 8.85. The van der Waals surface area contributed by atoms with Gasteiger partial charge in [-0.15, -0.1) is 0 Å². The fourth-order valence-electron chi connectivity index (χ4n) is 1.09. The fraction of sp³-hybridized carbons (Fsp3) is 0.400. The first-order chi connectivity index (χ1) is 5.43. The molecule has 0 saturated heterocycles. The van der Waals surface area contributed by atoms with Crippen LogP contribution in [0.25, 0.3) is 0 Å². The third-order valence-electron chi connectivity index (χ3n) is 1.72. The van der Waals surface area contributed by atoms with E-state index < -0.39 is 0 Å². The van der Waals surface area contributed by atoms with Crippen molar-refractivity contribution in [2.75, 3.05) is 0 Å². The van der Waals surface area contributed by atoms with Crippen molar-refractivity contribution in [1.29, 1.82) is 0 Å². The van der Waals surface area contributed by atoms with Gasteiger partial charge in [0.15, 0.2) is 0 Å². The van der Waals surface area contributed by atoms with Crippen LogP contribution in [0.5, 0.6) is 0 Å². The number of hydrogen-bond acceptors (Lipinski definition) is 0. The van der Waals surface area contributed by atoms with Gasteiger partial charge in [0, 0.05) is 0 Å². The molecule has 0 fully saturated rings. The fourth-order valence-corrected chi connectivity index (χ4v) is 2.30. The molecule has 0 bridgehead atoms. The molecule has 0 aromatic heterocycles. The molecule has 0 aliphatic carbocycles. The summed E-state index contributed by atoms with van der Waals surface area (Å²) >= 11 is 0.661. The summed E-state index contributed by atoms with van der Waals surface area (Å²) in [6.07, 6.45) is 1.35. The average molecular weight is 162 g/mol. The number of benzene rings is 1. The van der Waals surface area contributed by atoms with Gasteiger partial charge in [-0.1, -0.05) is 0 Å². The summed E-state index contributed by atoms with van der Waals surface area (Å²) in [5.74, 6) is 0. The molecule has 11 heavy (non-hydrogen) atoms. The Hall–Kier alpha value is -0.248. The largest absolute Gasteiger partial charge is 1.00 e. The Balaban J connectivity index is 0.00000121. The molecule has 0 radical (unpaired) electrons. The Morgan fingerprint density at radius 1 is 1.27 bits per heavy atom. The van der Waals surface area contributed by atoms with Gasteiger partial charge in [-0.05, 0) is 0 Å². The van der Waals surface area contributed by atoms with Gasteiger partial charge in [0.2, 0.25) is 0 Å². The van der Waals surface area contributed by atoms with E-state index in [4.69, 9.17) is 0 Å². The first-order valence-electron chi connectivity index (χ1n) is 4.29. The zero-order valence-corrected chi connectivity index (χ0v) is 8.24. The second kappa shape index (κ2) is 5.41. The third-order valence-corrected chi connectivity index (χ3v) is 3.46. The van der Waals surface area contributed by atoms with Crippen LogP contribution in [-0.2, 0) is 5.28 Å². The second-order valence-electron chi connectivity index (χ2n) is 2.77. The van der Waals surface area contributed by atoms with Crippen LogP contribution in [-0.4, -0.2) is 15.2 Å². The van der Waals surface area contributed by atoms with Gasteiger partial charge in [0.05, 0.1) is 0 Å². The molecule has 0 atom stereocenters. The maximum absolute atomic E-state index is 2.26. The Kier molecular flexibility index (Phi) is 4.35. The van der Waals surface area contributed by atoms with E-state index in [1.165, 1.54) is 22.5 Å². The van der Waals surface area contributed by atoms with Crippen molar-refractivity contribution in [2.24, 2.45) is 0 Å². The van der Waals surface area contributed by atoms with E-state index in [2.05, 4.69) is 37.3 Å². The minimum Gasteiger partial charge on any atom is -1.00 e. The van der Waals surface area contributed by atoms with Crippen molar-refractivity contribution in [2.45, 2.75) is 23.9 Å². The van der Waals surface area contributed by atoms with Crippen molar-refractivity contribution >= 4 is 15.2 Å². The minimum absolute atomic E-state index is 0. The number of rotatable bonds is 4. The van der Waals surface area contributed by atoms with Gasteiger partial charge in [-0.2, -0.15) is 0 Å². The predicted molar refractivity (Wildman–Crippen MR) is 52.1 cm³/mol. The molecule has 0 aliphatic heterocycles. The monoisotopic (exact) mass is 162 g/mol. The molecular formula is C10H15Al. The summed E-state index contributed by atoms with van der Waals surface area (Å²) in [7, 11) is 0. The van der Waals surface area contributed by atoms with Gasteiger partial charge in [-0.3, -0.25) is 0 Å². The smallest absolute Gasteiger partial charge is 1.00 e. The van der Waals surface area contributed by atoms with Gasteiger partial charge in [-0.25, -0.2) is 0 Å². The van der Waals surface area contributed by atoms with Gasteiger partial charge < -0.3 is 1.43 Å². The minimum atomic E-state index is 0. The van der Waals surface area contributed by atoms with E-state index >= 15 is 0 Å². The summed E-state index contributed by atoms with van der Waals surface area (Å²) < 4.78 is 0. The molecule has 0 heterocycles. The van der Waals surface area contributed by atoms with Crippen molar-refractivity contribution < 1.29 is 1.43 Å². The number of hydrogen-bond donors (Lipinski definition) is 0. The van der Waals surface area contributed by atoms with Crippen LogP contribution < -0.4 is 0 Å². The Morgan fingerprint density at radius 3 is 2.64 bits per heavy atom. The van der Waals surface area contributed by atoms with E-state index in [0.29, 0.717) is 15.2 Å². The maximum Gasteiger partial charge on any atom is -1.00 e. The molecule has 1 heteroatoms. The Labute approximate surface area is 76.8 Å². The molecular weight excluding hydrogens is 147 g/mol. The third kappa shape index (κ3) is 3.60. The zero-order chi connectivity index (χ0) is 7.94. The van der Waals surface area contributed by atoms with E-state index in [9.17, 15) is 0 Å². The van der Waals surface area contributed by atoms with Crippen molar-refractivity contribution in [3.63, 3.8) is 0 Å². The summed E-state index contributed by atoms with van der Waals surface area (Å²) in [5, 5.41) is 2.77. The van der Waals surface area contributed by atoms with Crippen molar-refractivity contribution in [1.82, 2.24) is 0 Å². The second-order valence-corrected chi connectivity index (χ2v) is 4.33. The average Bonchev–Trinajstić information content (AvgIpc) is 2.07. The molecule has 1 aromatic rings. The van der Waals surface area contributed by atoms with Crippen molar-refractivity contribution in [3.8, 4) is 0 Å². The van der Waals surface area contributed by atoms with Gasteiger partial charge >= 0.3 is 75.0 Å². The first-order valence-corrected chi connectivity index (χ1v) is 5.92. The SMILES string of the molecule is CC[CH2][Al+][CH2]c1ccccc1.[H-]. The van der Waals surface area contributed by atoms with Gasteiger partial charge in [0.25, 0.3) is 0 Å². The Bertz CT molecular complexity index is 186. The van der Waals surface area contributed by atoms with Crippen LogP contribution in [0.15, 0.2) is 30.3 Å². The van der Waals surface area contributed by atoms with Crippen LogP contribution in [0.1, 0.15) is 20.3 Å². The van der Waals surface area contributed by atoms with Crippen LogP contribution in [0, 0.1) is 0 Å². The van der Waals surface area contributed by atoms with Crippen LogP contribution in [0.3, 0.4) is 0 Å². The Morgan fingerprint density at radius 2 is 2.00 bits per heavy atom. The van der Waals surface area contributed by atoms with E-state index in [0.717, 1.165) is 0 Å². The molecule has 0 nitrogen and oxygen atoms in total. The molecule has 1 aromatic carbocycles. The molecule has 0 spiro atoms. The molecule has 58 valence electrons. The van der Waals surface area contributed by atoms with E-state index in [1.54, 1.807) is 0 Å². The molecule has 0 saturated carbocycles. The van der Waals surface area contributed by atoms with Crippen LogP contribution >= 0.6 is 0 Å². The molecule has 1 rings (SSSR count). The summed E-state index contributed by atoms with van der Waals surface area (Å²) in [4.78, 5) is 0. The molecule has 0 N–H and O–H groups in total. The maximum atomic E-state index is 2.26. The topological polar surface area (TPSA) is 0 Å². The van der Waals surface area contributed by atoms with E-state index in [-0.39, 0.29) is 1.43 Å². The quantitative estimate of drug-likeness (QED) is 0.471. The molecule has 0 unspecified atom stereocenters. The summed E-state index contributed by atoms with van der Waals surface area (Å²) in [6.45, 7) is 2.26. The van der Waals surface area contributed by atoms with E-state index in [1.807, 2.05) is 0 Å². The standard InChI is InChI=1S/C7H7.C3H7.Al.H/c1-7-5-3-2-4-6-7;1-3-2;;/h2-6H,1H2;1,3H2,2H3;;/q;;+1;-1. The predicted octanol–water partition coefficient (Wildman–Crippen LogP) is 2.83. The normalized spacial score (nSPS) is 9.18. The molecule has 0 aliphatic rings. The van der Waals surface area contributed by atoms with Crippen molar-refractivity contribution in [3.05, 3.63) is 35.9 Å². The van der Waals surface area contributed by atoms with Crippen LogP contribution in [0.2, 0.25) is 5.28 Å². The summed E-state index contributed by atoms with van der Waals surface area (Å²) in [5.41, 5.74) is 1.51. The molecule has 0 amide bonds. The van der Waals surface area contributed by atoms with Gasteiger partial charge in [0.1, 0.15) is 0 Å². The summed E-state index contributed by atoms with van der Waals surface area (Å²) in [6, 6.07) is 10.8. The van der Waals surface area contributed by atoms with Crippen LogP contribution in [0.4, 0.5) is 0 Å².